The van der Waals surface area contributed by atoms with Gasteiger partial charge in [0.2, 0.25) is 0 Å². The summed E-state index contributed by atoms with van der Waals surface area (Å²) in [6.07, 6.45) is -13.9. The van der Waals surface area contributed by atoms with Gasteiger partial charge in [-0.3, -0.25) is 0 Å². The summed E-state index contributed by atoms with van der Waals surface area (Å²) in [5.74, 6) is -1.54. The molecule has 2 heterocycles. The van der Waals surface area contributed by atoms with Gasteiger partial charge in [0.05, 0.1) is 12.2 Å². The number of carboxylic acid groups (broad SMARTS) is 1. The molecule has 2 rings (SSSR count). The van der Waals surface area contributed by atoms with Crippen molar-refractivity contribution in [2.45, 2.75) is 75.1 Å². The summed E-state index contributed by atoms with van der Waals surface area (Å²) in [7, 11) is 0. The zero-order chi connectivity index (χ0) is 17.5. The van der Waals surface area contributed by atoms with Crippen LogP contribution < -0.4 is 0 Å². The molecule has 2 saturated heterocycles. The molecule has 2 aliphatic heterocycles. The lowest BCUT2D eigenvalue weighted by atomic mass is 9.95. The second-order valence-electron chi connectivity index (χ2n) is 5.86. The number of rotatable bonds is 3. The summed E-state index contributed by atoms with van der Waals surface area (Å²) in [5, 5.41) is 58.1. The molecule has 10 nitrogen and oxygen atoms in total. The summed E-state index contributed by atoms with van der Waals surface area (Å²) >= 11 is 0. The maximum atomic E-state index is 11.0. The van der Waals surface area contributed by atoms with E-state index in [9.17, 15) is 30.3 Å². The highest BCUT2D eigenvalue weighted by atomic mass is 16.7. The van der Waals surface area contributed by atoms with Crippen molar-refractivity contribution in [1.82, 2.24) is 0 Å². The van der Waals surface area contributed by atoms with E-state index in [0.717, 1.165) is 0 Å². The Labute approximate surface area is 131 Å². The normalized spacial score (nSPS) is 51.4. The van der Waals surface area contributed by atoms with Crippen molar-refractivity contribution in [2.24, 2.45) is 0 Å². The molecule has 0 aromatic heterocycles. The van der Waals surface area contributed by atoms with Crippen molar-refractivity contribution in [1.29, 1.82) is 0 Å². The second kappa shape index (κ2) is 6.95. The third kappa shape index (κ3) is 3.49. The zero-order valence-corrected chi connectivity index (χ0v) is 12.6. The van der Waals surface area contributed by atoms with Crippen molar-refractivity contribution < 1.29 is 49.6 Å². The van der Waals surface area contributed by atoms with Crippen LogP contribution in [0.2, 0.25) is 0 Å². The fraction of sp³-hybridized carbons (Fsp3) is 0.923. The van der Waals surface area contributed by atoms with Crippen LogP contribution >= 0.6 is 0 Å². The molecule has 0 amide bonds. The maximum Gasteiger partial charge on any atom is 0.335 e. The van der Waals surface area contributed by atoms with E-state index >= 15 is 0 Å². The van der Waals surface area contributed by atoms with Crippen molar-refractivity contribution in [2.75, 3.05) is 0 Å². The molecule has 0 radical (unpaired) electrons. The van der Waals surface area contributed by atoms with E-state index < -0.39 is 67.2 Å². The van der Waals surface area contributed by atoms with Gasteiger partial charge in [0.1, 0.15) is 36.6 Å². The molecule has 2 fully saturated rings. The van der Waals surface area contributed by atoms with Gasteiger partial charge in [0.15, 0.2) is 12.4 Å². The number of carboxylic acids is 1. The lowest BCUT2D eigenvalue weighted by Gasteiger charge is -2.44. The van der Waals surface area contributed by atoms with E-state index in [4.69, 9.17) is 19.3 Å². The molecule has 10 atom stereocenters. The van der Waals surface area contributed by atoms with Crippen LogP contribution in [0.3, 0.4) is 0 Å². The molecular formula is C13H22O10. The minimum absolute atomic E-state index is 0.642. The molecular weight excluding hydrogens is 316 g/mol. The van der Waals surface area contributed by atoms with Crippen LogP contribution in [0.15, 0.2) is 0 Å². The molecule has 2 aliphatic rings. The molecule has 6 N–H and O–H groups in total. The van der Waals surface area contributed by atoms with Gasteiger partial charge in [-0.25, -0.2) is 4.79 Å². The van der Waals surface area contributed by atoms with Crippen LogP contribution in [-0.4, -0.2) is 97.8 Å². The van der Waals surface area contributed by atoms with Crippen molar-refractivity contribution in [3.8, 4) is 0 Å². The standard InChI is InChI=1S/C13H22O10/c1-3-5(14)7(16)10(4(2)21-3)22-13-9(18)6(15)8(17)11(23-13)12(19)20/h3-11,13-18H,1-2H3,(H,19,20). The van der Waals surface area contributed by atoms with Crippen molar-refractivity contribution in [3.63, 3.8) is 0 Å². The fourth-order valence-corrected chi connectivity index (χ4v) is 2.76. The van der Waals surface area contributed by atoms with Crippen LogP contribution in [-0.2, 0) is 19.0 Å². The summed E-state index contributed by atoms with van der Waals surface area (Å²) in [6.45, 7) is 3.12. The van der Waals surface area contributed by atoms with E-state index in [0.29, 0.717) is 0 Å². The van der Waals surface area contributed by atoms with Crippen LogP contribution in [0.25, 0.3) is 0 Å². The van der Waals surface area contributed by atoms with Crippen LogP contribution in [0.1, 0.15) is 13.8 Å². The Morgan fingerprint density at radius 3 is 2.00 bits per heavy atom. The van der Waals surface area contributed by atoms with Crippen molar-refractivity contribution >= 4 is 5.97 Å². The molecule has 0 bridgehead atoms. The number of aliphatic hydroxyl groups excluding tert-OH is 5. The molecule has 10 heteroatoms. The van der Waals surface area contributed by atoms with Gasteiger partial charge >= 0.3 is 5.97 Å². The molecule has 23 heavy (non-hydrogen) atoms. The van der Waals surface area contributed by atoms with Gasteiger partial charge in [-0.1, -0.05) is 0 Å². The van der Waals surface area contributed by atoms with E-state index in [1.54, 1.807) is 13.8 Å². The highest BCUT2D eigenvalue weighted by molar-refractivity contribution is 5.73. The summed E-state index contributed by atoms with van der Waals surface area (Å²) < 4.78 is 15.7. The first-order chi connectivity index (χ1) is 10.6. The summed E-state index contributed by atoms with van der Waals surface area (Å²) in [4.78, 5) is 11.0. The predicted octanol–water partition coefficient (Wildman–Crippen LogP) is -3.21. The Kier molecular flexibility index (Phi) is 5.59. The predicted molar refractivity (Wildman–Crippen MR) is 71.2 cm³/mol. The van der Waals surface area contributed by atoms with E-state index in [1.165, 1.54) is 0 Å². The van der Waals surface area contributed by atoms with Gasteiger partial charge in [0.25, 0.3) is 0 Å². The Morgan fingerprint density at radius 2 is 1.43 bits per heavy atom. The monoisotopic (exact) mass is 338 g/mol. The zero-order valence-electron chi connectivity index (χ0n) is 12.6. The molecule has 0 spiro atoms. The minimum Gasteiger partial charge on any atom is -0.479 e. The number of ether oxygens (including phenoxy) is 3. The van der Waals surface area contributed by atoms with E-state index in [1.807, 2.05) is 0 Å². The van der Waals surface area contributed by atoms with Gasteiger partial charge < -0.3 is 44.8 Å². The maximum absolute atomic E-state index is 11.0. The SMILES string of the molecule is CC1OC(C)C(OC2OC(C(=O)O)C(O)C(O)C2O)C(O)C1O. The molecule has 10 unspecified atom stereocenters. The third-order valence-corrected chi connectivity index (χ3v) is 4.16. The second-order valence-corrected chi connectivity index (χ2v) is 5.86. The Morgan fingerprint density at radius 1 is 0.826 bits per heavy atom. The number of aliphatic carboxylic acids is 1. The van der Waals surface area contributed by atoms with Crippen molar-refractivity contribution in [3.05, 3.63) is 0 Å². The topological polar surface area (TPSA) is 166 Å². The Balaban J connectivity index is 2.12. The van der Waals surface area contributed by atoms with Crippen LogP contribution in [0, 0.1) is 0 Å². The Bertz CT molecular complexity index is 431. The quantitative estimate of drug-likeness (QED) is 0.308. The van der Waals surface area contributed by atoms with Gasteiger partial charge in [0, 0.05) is 0 Å². The number of hydrogen-bond acceptors (Lipinski definition) is 9. The average Bonchev–Trinajstić information content (AvgIpc) is 2.48. The highest BCUT2D eigenvalue weighted by Gasteiger charge is 2.50. The molecule has 0 aliphatic carbocycles. The van der Waals surface area contributed by atoms with Gasteiger partial charge in [-0.2, -0.15) is 0 Å². The summed E-state index contributed by atoms with van der Waals surface area (Å²) in [6, 6.07) is 0. The molecule has 0 aromatic rings. The first kappa shape index (κ1) is 18.5. The average molecular weight is 338 g/mol. The number of aliphatic hydroxyl groups is 5. The largest absolute Gasteiger partial charge is 0.479 e. The third-order valence-electron chi connectivity index (χ3n) is 4.16. The fourth-order valence-electron chi connectivity index (χ4n) is 2.76. The van der Waals surface area contributed by atoms with Gasteiger partial charge in [-0.05, 0) is 13.8 Å². The van der Waals surface area contributed by atoms with Crippen LogP contribution in [0.4, 0.5) is 0 Å². The first-order valence-electron chi connectivity index (χ1n) is 7.24. The lowest BCUT2D eigenvalue weighted by Crippen LogP contribution is -2.63. The molecule has 134 valence electrons. The van der Waals surface area contributed by atoms with E-state index in [-0.39, 0.29) is 0 Å². The lowest BCUT2D eigenvalue weighted by molar-refractivity contribution is -0.332. The van der Waals surface area contributed by atoms with Crippen LogP contribution in [0.5, 0.6) is 0 Å². The highest BCUT2D eigenvalue weighted by Crippen LogP contribution is 2.28. The molecule has 0 saturated carbocycles. The first-order valence-corrected chi connectivity index (χ1v) is 7.24. The molecule has 0 aromatic carbocycles. The Hall–Kier alpha value is -0.850. The van der Waals surface area contributed by atoms with Gasteiger partial charge in [-0.15, -0.1) is 0 Å². The number of carbonyl (C=O) groups is 1. The number of hydrogen-bond donors (Lipinski definition) is 6. The minimum atomic E-state index is -1.84. The smallest absolute Gasteiger partial charge is 0.335 e. The van der Waals surface area contributed by atoms with E-state index in [2.05, 4.69) is 0 Å². The summed E-state index contributed by atoms with van der Waals surface area (Å²) in [5.41, 5.74) is 0.